The first-order valence-corrected chi connectivity index (χ1v) is 10.4. The number of benzene rings is 2. The van der Waals surface area contributed by atoms with Gasteiger partial charge in [0.25, 0.3) is 0 Å². The number of aryl methyl sites for hydroxylation is 2. The number of fused-ring (bicyclic) bond motifs is 1. The molecule has 31 heavy (non-hydrogen) atoms. The van der Waals surface area contributed by atoms with Crippen molar-refractivity contribution in [3.8, 4) is 17.1 Å². The lowest BCUT2D eigenvalue weighted by molar-refractivity contribution is -0.111. The molecule has 1 aliphatic rings. The Balaban J connectivity index is 1.55. The number of carbonyl (C=O) groups is 1. The number of aromatic nitrogens is 3. The fraction of sp³-hybridized carbons (Fsp3) is 0.292. The molecule has 0 spiro atoms. The Kier molecular flexibility index (Phi) is 6.11. The molecule has 0 radical (unpaired) electrons. The van der Waals surface area contributed by atoms with E-state index in [-0.39, 0.29) is 5.69 Å². The SMILES string of the molecule is COc1ccc(C)cc1/C=C/C(=O)Nc1cc(-c2nnc3n2CCCCC3)ccc1F. The summed E-state index contributed by atoms with van der Waals surface area (Å²) >= 11 is 0. The Labute approximate surface area is 180 Å². The Morgan fingerprint density at radius 3 is 2.87 bits per heavy atom. The van der Waals surface area contributed by atoms with Gasteiger partial charge in [-0.2, -0.15) is 0 Å². The van der Waals surface area contributed by atoms with Gasteiger partial charge >= 0.3 is 0 Å². The lowest BCUT2D eigenvalue weighted by atomic mass is 10.1. The van der Waals surface area contributed by atoms with Gasteiger partial charge in [0.15, 0.2) is 5.82 Å². The molecule has 7 heteroatoms. The zero-order valence-electron chi connectivity index (χ0n) is 17.7. The van der Waals surface area contributed by atoms with E-state index in [1.54, 1.807) is 25.3 Å². The molecule has 1 aliphatic heterocycles. The van der Waals surface area contributed by atoms with Crippen LogP contribution in [0.1, 0.15) is 36.2 Å². The number of carbonyl (C=O) groups excluding carboxylic acids is 1. The predicted octanol–water partition coefficient (Wildman–Crippen LogP) is 4.78. The normalized spacial score (nSPS) is 13.6. The van der Waals surface area contributed by atoms with Gasteiger partial charge in [-0.25, -0.2) is 4.39 Å². The van der Waals surface area contributed by atoms with Gasteiger partial charge in [0, 0.05) is 30.2 Å². The summed E-state index contributed by atoms with van der Waals surface area (Å²) in [5, 5.41) is 11.2. The average molecular weight is 420 g/mol. The fourth-order valence-electron chi connectivity index (χ4n) is 3.78. The predicted molar refractivity (Wildman–Crippen MR) is 118 cm³/mol. The van der Waals surface area contributed by atoms with Crippen molar-refractivity contribution in [2.24, 2.45) is 0 Å². The van der Waals surface area contributed by atoms with Gasteiger partial charge in [-0.15, -0.1) is 10.2 Å². The first-order chi connectivity index (χ1) is 15.0. The van der Waals surface area contributed by atoms with E-state index in [2.05, 4.69) is 20.1 Å². The Hall–Kier alpha value is -3.48. The molecule has 0 saturated carbocycles. The third-order valence-electron chi connectivity index (χ3n) is 5.39. The Bertz CT molecular complexity index is 1140. The van der Waals surface area contributed by atoms with E-state index in [0.29, 0.717) is 11.6 Å². The molecule has 1 aromatic heterocycles. The van der Waals surface area contributed by atoms with Crippen molar-refractivity contribution < 1.29 is 13.9 Å². The minimum absolute atomic E-state index is 0.106. The fourth-order valence-corrected chi connectivity index (χ4v) is 3.78. The highest BCUT2D eigenvalue weighted by atomic mass is 19.1. The maximum absolute atomic E-state index is 14.4. The third-order valence-corrected chi connectivity index (χ3v) is 5.39. The highest BCUT2D eigenvalue weighted by Crippen LogP contribution is 2.27. The molecular weight excluding hydrogens is 395 g/mol. The molecule has 0 bridgehead atoms. The summed E-state index contributed by atoms with van der Waals surface area (Å²) < 4.78 is 21.8. The van der Waals surface area contributed by atoms with Crippen molar-refractivity contribution >= 4 is 17.7 Å². The van der Waals surface area contributed by atoms with Crippen LogP contribution in [0.2, 0.25) is 0 Å². The molecule has 1 N–H and O–H groups in total. The van der Waals surface area contributed by atoms with E-state index in [9.17, 15) is 9.18 Å². The molecule has 4 rings (SSSR count). The van der Waals surface area contributed by atoms with Crippen LogP contribution in [0, 0.1) is 12.7 Å². The van der Waals surface area contributed by atoms with Gasteiger partial charge in [-0.1, -0.05) is 18.1 Å². The molecule has 160 valence electrons. The van der Waals surface area contributed by atoms with Gasteiger partial charge in [-0.05, 0) is 56.2 Å². The van der Waals surface area contributed by atoms with Crippen molar-refractivity contribution in [1.82, 2.24) is 14.8 Å². The highest BCUT2D eigenvalue weighted by molar-refractivity contribution is 6.02. The topological polar surface area (TPSA) is 69.0 Å². The van der Waals surface area contributed by atoms with E-state index in [4.69, 9.17) is 4.74 Å². The number of hydrogen-bond acceptors (Lipinski definition) is 4. The molecule has 0 unspecified atom stereocenters. The number of anilines is 1. The van der Waals surface area contributed by atoms with E-state index in [0.717, 1.165) is 54.7 Å². The van der Waals surface area contributed by atoms with E-state index < -0.39 is 11.7 Å². The van der Waals surface area contributed by atoms with Crippen LogP contribution in [0.15, 0.2) is 42.5 Å². The summed E-state index contributed by atoms with van der Waals surface area (Å²) in [6.07, 6.45) is 7.24. The van der Waals surface area contributed by atoms with Gasteiger partial charge in [0.05, 0.1) is 12.8 Å². The van der Waals surface area contributed by atoms with E-state index in [1.807, 2.05) is 25.1 Å². The van der Waals surface area contributed by atoms with E-state index in [1.165, 1.54) is 12.1 Å². The van der Waals surface area contributed by atoms with Gasteiger partial charge < -0.3 is 14.6 Å². The number of nitrogens with zero attached hydrogens (tertiary/aromatic N) is 3. The molecule has 0 saturated heterocycles. The van der Waals surface area contributed by atoms with Crippen molar-refractivity contribution in [2.45, 2.75) is 39.2 Å². The van der Waals surface area contributed by atoms with Crippen LogP contribution in [0.25, 0.3) is 17.5 Å². The first-order valence-electron chi connectivity index (χ1n) is 10.4. The number of nitrogens with one attached hydrogen (secondary N) is 1. The monoisotopic (exact) mass is 420 g/mol. The minimum atomic E-state index is -0.505. The molecular formula is C24H25FN4O2. The molecule has 0 fully saturated rings. The summed E-state index contributed by atoms with van der Waals surface area (Å²) in [6.45, 7) is 2.81. The highest BCUT2D eigenvalue weighted by Gasteiger charge is 2.17. The summed E-state index contributed by atoms with van der Waals surface area (Å²) in [5.74, 6) is 1.38. The smallest absolute Gasteiger partial charge is 0.248 e. The second-order valence-electron chi connectivity index (χ2n) is 7.66. The van der Waals surface area contributed by atoms with Crippen LogP contribution in [-0.4, -0.2) is 27.8 Å². The largest absolute Gasteiger partial charge is 0.496 e. The summed E-state index contributed by atoms with van der Waals surface area (Å²) in [4.78, 5) is 12.5. The van der Waals surface area contributed by atoms with Crippen LogP contribution >= 0.6 is 0 Å². The molecule has 1 amide bonds. The van der Waals surface area contributed by atoms with Gasteiger partial charge in [-0.3, -0.25) is 4.79 Å². The third kappa shape index (κ3) is 4.66. The zero-order chi connectivity index (χ0) is 21.8. The number of rotatable bonds is 5. The maximum Gasteiger partial charge on any atom is 0.248 e. The second-order valence-corrected chi connectivity index (χ2v) is 7.66. The number of hydrogen-bond donors (Lipinski definition) is 1. The van der Waals surface area contributed by atoms with Crippen molar-refractivity contribution in [3.63, 3.8) is 0 Å². The van der Waals surface area contributed by atoms with E-state index >= 15 is 0 Å². The van der Waals surface area contributed by atoms with Crippen molar-refractivity contribution in [1.29, 1.82) is 0 Å². The number of ether oxygens (including phenoxy) is 1. The van der Waals surface area contributed by atoms with Crippen LogP contribution in [-0.2, 0) is 17.8 Å². The molecule has 2 aromatic carbocycles. The number of methoxy groups -OCH3 is 1. The lowest BCUT2D eigenvalue weighted by Gasteiger charge is -2.10. The van der Waals surface area contributed by atoms with Crippen molar-refractivity contribution in [3.05, 3.63) is 65.2 Å². The number of amides is 1. The standard InChI is InChI=1S/C24H25FN4O2/c1-16-7-11-21(31-2)17(14-16)9-12-23(30)26-20-15-18(8-10-19(20)25)24-28-27-22-6-4-3-5-13-29(22)24/h7-12,14-15H,3-6,13H2,1-2H3,(H,26,30)/b12-9+. The van der Waals surface area contributed by atoms with Crippen LogP contribution in [0.5, 0.6) is 5.75 Å². The van der Waals surface area contributed by atoms with Gasteiger partial charge in [0.2, 0.25) is 5.91 Å². The number of halogens is 1. The molecule has 6 nitrogen and oxygen atoms in total. The van der Waals surface area contributed by atoms with Crippen molar-refractivity contribution in [2.75, 3.05) is 12.4 Å². The summed E-state index contributed by atoms with van der Waals surface area (Å²) in [7, 11) is 1.58. The molecule has 0 atom stereocenters. The summed E-state index contributed by atoms with van der Waals surface area (Å²) in [6, 6.07) is 10.3. The average Bonchev–Trinajstić information content (AvgIpc) is 3.02. The minimum Gasteiger partial charge on any atom is -0.496 e. The lowest BCUT2D eigenvalue weighted by Crippen LogP contribution is -2.10. The van der Waals surface area contributed by atoms with Crippen LogP contribution in [0.4, 0.5) is 10.1 Å². The van der Waals surface area contributed by atoms with Crippen LogP contribution in [0.3, 0.4) is 0 Å². The molecule has 2 heterocycles. The Morgan fingerprint density at radius 1 is 1.16 bits per heavy atom. The first kappa shape index (κ1) is 20.8. The molecule has 0 aliphatic carbocycles. The maximum atomic E-state index is 14.4. The summed E-state index contributed by atoms with van der Waals surface area (Å²) in [5.41, 5.74) is 2.65. The van der Waals surface area contributed by atoms with Crippen LogP contribution < -0.4 is 10.1 Å². The van der Waals surface area contributed by atoms with Gasteiger partial charge in [0.1, 0.15) is 17.4 Å². The zero-order valence-corrected chi connectivity index (χ0v) is 17.7. The Morgan fingerprint density at radius 2 is 2.03 bits per heavy atom. The quantitative estimate of drug-likeness (QED) is 0.603. The second kappa shape index (κ2) is 9.12. The molecule has 3 aromatic rings.